The van der Waals surface area contributed by atoms with Gasteiger partial charge in [0, 0.05) is 44.1 Å². The minimum absolute atomic E-state index is 0.0210. The summed E-state index contributed by atoms with van der Waals surface area (Å²) in [6, 6.07) is 3.47. The lowest BCUT2D eigenvalue weighted by molar-refractivity contribution is 0.0703. The lowest BCUT2D eigenvalue weighted by Crippen LogP contribution is -2.39. The fourth-order valence-corrected chi connectivity index (χ4v) is 2.67. The molecule has 1 amide bonds. The zero-order valence-corrected chi connectivity index (χ0v) is 12.4. The molecule has 0 aliphatic carbocycles. The molecule has 0 N–H and O–H groups in total. The van der Waals surface area contributed by atoms with Gasteiger partial charge < -0.3 is 14.2 Å². The highest BCUT2D eigenvalue weighted by molar-refractivity contribution is 5.94. The summed E-state index contributed by atoms with van der Waals surface area (Å²) >= 11 is 0. The highest BCUT2D eigenvalue weighted by atomic mass is 16.5. The second-order valence-corrected chi connectivity index (χ2v) is 5.31. The standard InChI is InChI=1S/C15H18N4O3/c1-21-10-13-17-14(18-22-13)12-3-2-8-19(9-12)15(20)11-4-6-16-7-5-11/h4-7,12H,2-3,8-10H2,1H3. The van der Waals surface area contributed by atoms with Crippen molar-refractivity contribution in [3.05, 3.63) is 41.8 Å². The normalized spacial score (nSPS) is 18.4. The van der Waals surface area contributed by atoms with Gasteiger partial charge >= 0.3 is 0 Å². The van der Waals surface area contributed by atoms with Gasteiger partial charge in [-0.25, -0.2) is 0 Å². The zero-order chi connectivity index (χ0) is 15.4. The molecule has 0 saturated carbocycles. The molecule has 7 nitrogen and oxygen atoms in total. The van der Waals surface area contributed by atoms with Crippen LogP contribution in [0.4, 0.5) is 0 Å². The Morgan fingerprint density at radius 3 is 3.05 bits per heavy atom. The molecule has 0 bridgehead atoms. The summed E-state index contributed by atoms with van der Waals surface area (Å²) in [6.07, 6.45) is 5.14. The van der Waals surface area contributed by atoms with Crippen LogP contribution in [0.5, 0.6) is 0 Å². The second kappa shape index (κ2) is 6.65. The van der Waals surface area contributed by atoms with Crippen LogP contribution in [0.1, 0.15) is 40.8 Å². The molecular weight excluding hydrogens is 284 g/mol. The Labute approximate surface area is 128 Å². The number of piperidine rings is 1. The van der Waals surface area contributed by atoms with Gasteiger partial charge in [0.05, 0.1) is 0 Å². The maximum Gasteiger partial charge on any atom is 0.253 e. The molecule has 0 radical (unpaired) electrons. The third-order valence-corrected chi connectivity index (χ3v) is 3.75. The van der Waals surface area contributed by atoms with Crippen molar-refractivity contribution in [3.8, 4) is 0 Å². The van der Waals surface area contributed by atoms with Crippen molar-refractivity contribution >= 4 is 5.91 Å². The van der Waals surface area contributed by atoms with E-state index in [-0.39, 0.29) is 11.8 Å². The Morgan fingerprint density at radius 1 is 1.45 bits per heavy atom. The summed E-state index contributed by atoms with van der Waals surface area (Å²) in [5.74, 6) is 1.25. The first-order valence-electron chi connectivity index (χ1n) is 7.28. The lowest BCUT2D eigenvalue weighted by atomic mass is 9.97. The summed E-state index contributed by atoms with van der Waals surface area (Å²) in [5.41, 5.74) is 0.656. The number of methoxy groups -OCH3 is 1. The third-order valence-electron chi connectivity index (χ3n) is 3.75. The summed E-state index contributed by atoms with van der Waals surface area (Å²) in [4.78, 5) is 22.6. The van der Waals surface area contributed by atoms with Gasteiger partial charge in [0.25, 0.3) is 11.8 Å². The van der Waals surface area contributed by atoms with E-state index in [4.69, 9.17) is 9.26 Å². The van der Waals surface area contributed by atoms with Crippen LogP contribution in [-0.4, -0.2) is 46.1 Å². The third kappa shape index (κ3) is 3.14. The SMILES string of the molecule is COCc1nc(C2CCCN(C(=O)c3ccncc3)C2)no1. The van der Waals surface area contributed by atoms with Crippen molar-refractivity contribution in [3.63, 3.8) is 0 Å². The van der Waals surface area contributed by atoms with Crippen LogP contribution < -0.4 is 0 Å². The summed E-state index contributed by atoms with van der Waals surface area (Å²) < 4.78 is 10.1. The van der Waals surface area contributed by atoms with Gasteiger partial charge in [0.15, 0.2) is 5.82 Å². The van der Waals surface area contributed by atoms with Crippen LogP contribution >= 0.6 is 0 Å². The minimum Gasteiger partial charge on any atom is -0.375 e. The Kier molecular flexibility index (Phi) is 4.43. The fourth-order valence-electron chi connectivity index (χ4n) is 2.67. The number of pyridine rings is 1. The molecular formula is C15H18N4O3. The molecule has 2 aromatic rings. The summed E-state index contributed by atoms with van der Waals surface area (Å²) in [5, 5.41) is 4.01. The van der Waals surface area contributed by atoms with Gasteiger partial charge in [-0.15, -0.1) is 0 Å². The Balaban J connectivity index is 1.69. The number of carbonyl (C=O) groups is 1. The van der Waals surface area contributed by atoms with E-state index in [2.05, 4.69) is 15.1 Å². The van der Waals surface area contributed by atoms with Crippen molar-refractivity contribution < 1.29 is 14.1 Å². The second-order valence-electron chi connectivity index (χ2n) is 5.31. The molecule has 1 atom stereocenters. The molecule has 22 heavy (non-hydrogen) atoms. The van der Waals surface area contributed by atoms with E-state index in [0.29, 0.717) is 30.4 Å². The Bertz CT molecular complexity index is 629. The summed E-state index contributed by atoms with van der Waals surface area (Å²) in [7, 11) is 1.58. The summed E-state index contributed by atoms with van der Waals surface area (Å²) in [6.45, 7) is 1.66. The number of carbonyl (C=O) groups excluding carboxylic acids is 1. The van der Waals surface area contributed by atoms with Crippen LogP contribution in [0.3, 0.4) is 0 Å². The van der Waals surface area contributed by atoms with E-state index in [1.54, 1.807) is 31.6 Å². The van der Waals surface area contributed by atoms with Crippen molar-refractivity contribution in [2.75, 3.05) is 20.2 Å². The molecule has 116 valence electrons. The number of amides is 1. The number of aromatic nitrogens is 3. The van der Waals surface area contributed by atoms with E-state index in [0.717, 1.165) is 19.4 Å². The van der Waals surface area contributed by atoms with E-state index < -0.39 is 0 Å². The van der Waals surface area contributed by atoms with Crippen molar-refractivity contribution in [2.24, 2.45) is 0 Å². The highest BCUT2D eigenvalue weighted by Gasteiger charge is 2.28. The molecule has 7 heteroatoms. The van der Waals surface area contributed by atoms with E-state index in [1.165, 1.54) is 0 Å². The molecule has 1 unspecified atom stereocenters. The molecule has 1 aliphatic rings. The first-order chi connectivity index (χ1) is 10.8. The first-order valence-corrected chi connectivity index (χ1v) is 7.28. The molecule has 0 aromatic carbocycles. The van der Waals surface area contributed by atoms with Crippen molar-refractivity contribution in [2.45, 2.75) is 25.4 Å². The fraction of sp³-hybridized carbons (Fsp3) is 0.467. The number of likely N-dealkylation sites (tertiary alicyclic amines) is 1. The maximum atomic E-state index is 12.5. The van der Waals surface area contributed by atoms with Gasteiger partial charge in [-0.2, -0.15) is 4.98 Å². The van der Waals surface area contributed by atoms with Gasteiger partial charge in [0.2, 0.25) is 0 Å². The lowest BCUT2D eigenvalue weighted by Gasteiger charge is -2.31. The molecule has 1 aliphatic heterocycles. The van der Waals surface area contributed by atoms with Gasteiger partial charge in [-0.3, -0.25) is 9.78 Å². The van der Waals surface area contributed by atoms with Gasteiger partial charge in [0.1, 0.15) is 6.61 Å². The average Bonchev–Trinajstić information content (AvgIpc) is 3.04. The van der Waals surface area contributed by atoms with Crippen LogP contribution in [0.15, 0.2) is 29.0 Å². The van der Waals surface area contributed by atoms with Crippen LogP contribution in [-0.2, 0) is 11.3 Å². The van der Waals surface area contributed by atoms with Crippen LogP contribution in [0.2, 0.25) is 0 Å². The molecule has 1 fully saturated rings. The Hall–Kier alpha value is -2.28. The van der Waals surface area contributed by atoms with Crippen molar-refractivity contribution in [1.29, 1.82) is 0 Å². The van der Waals surface area contributed by atoms with E-state index in [9.17, 15) is 4.79 Å². The molecule has 3 rings (SSSR count). The average molecular weight is 302 g/mol. The molecule has 1 saturated heterocycles. The van der Waals surface area contributed by atoms with E-state index >= 15 is 0 Å². The monoisotopic (exact) mass is 302 g/mol. The highest BCUT2D eigenvalue weighted by Crippen LogP contribution is 2.26. The molecule has 0 spiro atoms. The zero-order valence-electron chi connectivity index (χ0n) is 12.4. The van der Waals surface area contributed by atoms with Crippen LogP contribution in [0, 0.1) is 0 Å². The number of hydrogen-bond donors (Lipinski definition) is 0. The van der Waals surface area contributed by atoms with Gasteiger partial charge in [-0.05, 0) is 25.0 Å². The number of hydrogen-bond acceptors (Lipinski definition) is 6. The largest absolute Gasteiger partial charge is 0.375 e. The van der Waals surface area contributed by atoms with Crippen LogP contribution in [0.25, 0.3) is 0 Å². The molecule has 2 aromatic heterocycles. The number of nitrogens with zero attached hydrogens (tertiary/aromatic N) is 4. The predicted molar refractivity (Wildman–Crippen MR) is 77.1 cm³/mol. The topological polar surface area (TPSA) is 81.4 Å². The maximum absolute atomic E-state index is 12.5. The quantitative estimate of drug-likeness (QED) is 0.854. The number of ether oxygens (including phenoxy) is 1. The minimum atomic E-state index is 0.0210. The number of rotatable bonds is 4. The predicted octanol–water partition coefficient (Wildman–Crippen LogP) is 1.63. The van der Waals surface area contributed by atoms with E-state index in [1.807, 2.05) is 4.90 Å². The smallest absolute Gasteiger partial charge is 0.253 e. The van der Waals surface area contributed by atoms with Gasteiger partial charge in [-0.1, -0.05) is 5.16 Å². The first kappa shape index (κ1) is 14.6. The Morgan fingerprint density at radius 2 is 2.27 bits per heavy atom. The van der Waals surface area contributed by atoms with Crippen molar-refractivity contribution in [1.82, 2.24) is 20.0 Å². The molecule has 3 heterocycles.